The van der Waals surface area contributed by atoms with E-state index < -0.39 is 0 Å². The SMILES string of the molecule is CCNc1cc(CN2CCC(N)CC2)ccc1OC. The fourth-order valence-corrected chi connectivity index (χ4v) is 2.55. The number of anilines is 1. The molecule has 0 aromatic heterocycles. The zero-order valence-electron chi connectivity index (χ0n) is 12.0. The second-order valence-electron chi connectivity index (χ2n) is 5.18. The number of likely N-dealkylation sites (tertiary alicyclic amines) is 1. The maximum atomic E-state index is 5.94. The maximum Gasteiger partial charge on any atom is 0.141 e. The lowest BCUT2D eigenvalue weighted by Crippen LogP contribution is -2.39. The predicted octanol–water partition coefficient (Wildman–Crippen LogP) is 2.05. The molecule has 0 unspecified atom stereocenters. The zero-order chi connectivity index (χ0) is 13.7. The van der Waals surface area contributed by atoms with Gasteiger partial charge in [0.05, 0.1) is 12.8 Å². The highest BCUT2D eigenvalue weighted by molar-refractivity contribution is 5.58. The lowest BCUT2D eigenvalue weighted by atomic mass is 10.1. The lowest BCUT2D eigenvalue weighted by molar-refractivity contribution is 0.205. The van der Waals surface area contributed by atoms with Crippen molar-refractivity contribution in [2.24, 2.45) is 5.73 Å². The number of benzene rings is 1. The van der Waals surface area contributed by atoms with Gasteiger partial charge in [0, 0.05) is 19.1 Å². The molecule has 0 bridgehead atoms. The molecule has 4 nitrogen and oxygen atoms in total. The van der Waals surface area contributed by atoms with Crippen molar-refractivity contribution in [2.45, 2.75) is 32.4 Å². The number of nitrogens with zero attached hydrogens (tertiary/aromatic N) is 1. The molecule has 0 radical (unpaired) electrons. The van der Waals surface area contributed by atoms with Gasteiger partial charge in [-0.2, -0.15) is 0 Å². The molecule has 1 aliphatic rings. The number of rotatable bonds is 5. The number of nitrogens with one attached hydrogen (secondary N) is 1. The average Bonchev–Trinajstić information content (AvgIpc) is 2.42. The topological polar surface area (TPSA) is 50.5 Å². The molecule has 1 aromatic rings. The molecular weight excluding hydrogens is 238 g/mol. The van der Waals surface area contributed by atoms with Crippen LogP contribution in [0.25, 0.3) is 0 Å². The Kier molecular flexibility index (Phi) is 5.05. The van der Waals surface area contributed by atoms with Gasteiger partial charge < -0.3 is 15.8 Å². The second-order valence-corrected chi connectivity index (χ2v) is 5.18. The normalized spacial score (nSPS) is 17.4. The van der Waals surface area contributed by atoms with Crippen molar-refractivity contribution in [1.29, 1.82) is 0 Å². The number of ether oxygens (including phenoxy) is 1. The van der Waals surface area contributed by atoms with E-state index in [0.29, 0.717) is 6.04 Å². The Bertz CT molecular complexity index is 400. The Labute approximate surface area is 115 Å². The van der Waals surface area contributed by atoms with Gasteiger partial charge in [0.2, 0.25) is 0 Å². The van der Waals surface area contributed by atoms with Crippen LogP contribution in [0.5, 0.6) is 5.75 Å². The molecule has 0 atom stereocenters. The minimum absolute atomic E-state index is 0.393. The van der Waals surface area contributed by atoms with Crippen LogP contribution < -0.4 is 15.8 Å². The molecule has 1 fully saturated rings. The van der Waals surface area contributed by atoms with Crippen molar-refractivity contribution < 1.29 is 4.74 Å². The van der Waals surface area contributed by atoms with Crippen molar-refractivity contribution in [3.05, 3.63) is 23.8 Å². The molecule has 0 amide bonds. The predicted molar refractivity (Wildman–Crippen MR) is 79.6 cm³/mol. The third-order valence-corrected chi connectivity index (χ3v) is 3.67. The molecule has 1 heterocycles. The highest BCUT2D eigenvalue weighted by Gasteiger charge is 2.16. The molecule has 1 aliphatic heterocycles. The van der Waals surface area contributed by atoms with Crippen LogP contribution in [0.15, 0.2) is 18.2 Å². The van der Waals surface area contributed by atoms with E-state index in [1.54, 1.807) is 7.11 Å². The minimum atomic E-state index is 0.393. The van der Waals surface area contributed by atoms with Gasteiger partial charge in [0.25, 0.3) is 0 Å². The van der Waals surface area contributed by atoms with Crippen LogP contribution >= 0.6 is 0 Å². The maximum absolute atomic E-state index is 5.94. The summed E-state index contributed by atoms with van der Waals surface area (Å²) in [6, 6.07) is 6.78. The Morgan fingerprint density at radius 1 is 1.37 bits per heavy atom. The summed E-state index contributed by atoms with van der Waals surface area (Å²) in [4.78, 5) is 2.47. The first-order chi connectivity index (χ1) is 9.22. The van der Waals surface area contributed by atoms with Gasteiger partial charge in [0.1, 0.15) is 5.75 Å². The molecule has 1 aromatic carbocycles. The third kappa shape index (κ3) is 3.85. The Morgan fingerprint density at radius 2 is 2.11 bits per heavy atom. The van der Waals surface area contributed by atoms with Gasteiger partial charge in [-0.3, -0.25) is 4.90 Å². The average molecular weight is 263 g/mol. The van der Waals surface area contributed by atoms with E-state index in [4.69, 9.17) is 10.5 Å². The van der Waals surface area contributed by atoms with Gasteiger partial charge in [0.15, 0.2) is 0 Å². The van der Waals surface area contributed by atoms with Crippen LogP contribution in [0.1, 0.15) is 25.3 Å². The highest BCUT2D eigenvalue weighted by atomic mass is 16.5. The summed E-state index contributed by atoms with van der Waals surface area (Å²) in [5.74, 6) is 0.909. The van der Waals surface area contributed by atoms with E-state index in [2.05, 4.69) is 29.3 Å². The Morgan fingerprint density at radius 3 is 2.74 bits per heavy atom. The minimum Gasteiger partial charge on any atom is -0.495 e. The summed E-state index contributed by atoms with van der Waals surface area (Å²) in [5, 5.41) is 3.35. The van der Waals surface area contributed by atoms with Gasteiger partial charge in [-0.05, 0) is 50.6 Å². The Hall–Kier alpha value is -1.26. The van der Waals surface area contributed by atoms with Gasteiger partial charge >= 0.3 is 0 Å². The number of nitrogens with two attached hydrogens (primary N) is 1. The largest absolute Gasteiger partial charge is 0.495 e. The molecule has 19 heavy (non-hydrogen) atoms. The highest BCUT2D eigenvalue weighted by Crippen LogP contribution is 2.26. The van der Waals surface area contributed by atoms with Crippen molar-refractivity contribution in [1.82, 2.24) is 4.90 Å². The van der Waals surface area contributed by atoms with Crippen molar-refractivity contribution in [3.8, 4) is 5.75 Å². The Balaban J connectivity index is 2.02. The molecule has 4 heteroatoms. The summed E-state index contributed by atoms with van der Waals surface area (Å²) < 4.78 is 5.36. The molecule has 1 saturated heterocycles. The van der Waals surface area contributed by atoms with Crippen LogP contribution in [-0.2, 0) is 6.54 Å². The monoisotopic (exact) mass is 263 g/mol. The smallest absolute Gasteiger partial charge is 0.141 e. The van der Waals surface area contributed by atoms with E-state index in [0.717, 1.165) is 50.5 Å². The van der Waals surface area contributed by atoms with Crippen LogP contribution in [0.2, 0.25) is 0 Å². The number of hydrogen-bond acceptors (Lipinski definition) is 4. The fraction of sp³-hybridized carbons (Fsp3) is 0.600. The molecule has 2 rings (SSSR count). The molecular formula is C15H25N3O. The first kappa shape index (κ1) is 14.2. The third-order valence-electron chi connectivity index (χ3n) is 3.67. The van der Waals surface area contributed by atoms with Crippen molar-refractivity contribution in [2.75, 3.05) is 32.1 Å². The van der Waals surface area contributed by atoms with E-state index in [9.17, 15) is 0 Å². The summed E-state index contributed by atoms with van der Waals surface area (Å²) in [5.41, 5.74) is 8.34. The van der Waals surface area contributed by atoms with Crippen LogP contribution in [-0.4, -0.2) is 37.7 Å². The lowest BCUT2D eigenvalue weighted by Gasteiger charge is -2.30. The van der Waals surface area contributed by atoms with Crippen molar-refractivity contribution >= 4 is 5.69 Å². The first-order valence-electron chi connectivity index (χ1n) is 7.11. The van der Waals surface area contributed by atoms with Gasteiger partial charge in [-0.25, -0.2) is 0 Å². The van der Waals surface area contributed by atoms with Crippen LogP contribution in [0.4, 0.5) is 5.69 Å². The fourth-order valence-electron chi connectivity index (χ4n) is 2.55. The van der Waals surface area contributed by atoms with E-state index in [1.807, 2.05) is 6.07 Å². The van der Waals surface area contributed by atoms with Gasteiger partial charge in [-0.1, -0.05) is 6.07 Å². The summed E-state index contributed by atoms with van der Waals surface area (Å²) in [6.07, 6.45) is 2.21. The summed E-state index contributed by atoms with van der Waals surface area (Å²) >= 11 is 0. The van der Waals surface area contributed by atoms with E-state index in [-0.39, 0.29) is 0 Å². The zero-order valence-corrected chi connectivity index (χ0v) is 12.0. The van der Waals surface area contributed by atoms with E-state index >= 15 is 0 Å². The number of methoxy groups -OCH3 is 1. The second kappa shape index (κ2) is 6.78. The van der Waals surface area contributed by atoms with Crippen LogP contribution in [0, 0.1) is 0 Å². The summed E-state index contributed by atoms with van der Waals surface area (Å²) in [7, 11) is 1.71. The van der Waals surface area contributed by atoms with Crippen LogP contribution in [0.3, 0.4) is 0 Å². The van der Waals surface area contributed by atoms with E-state index in [1.165, 1.54) is 5.56 Å². The molecule has 3 N–H and O–H groups in total. The number of piperidine rings is 1. The summed E-state index contributed by atoms with van der Waals surface area (Å²) in [6.45, 7) is 6.19. The number of hydrogen-bond donors (Lipinski definition) is 2. The van der Waals surface area contributed by atoms with Crippen molar-refractivity contribution in [3.63, 3.8) is 0 Å². The molecule has 0 aliphatic carbocycles. The molecule has 0 spiro atoms. The standard InChI is InChI=1S/C15H25N3O/c1-3-17-14-10-12(4-5-15(14)19-2)11-18-8-6-13(16)7-9-18/h4-5,10,13,17H,3,6-9,11,16H2,1-2H3. The molecule has 106 valence electrons. The molecule has 0 saturated carbocycles. The van der Waals surface area contributed by atoms with Gasteiger partial charge in [-0.15, -0.1) is 0 Å². The first-order valence-corrected chi connectivity index (χ1v) is 7.11. The quantitative estimate of drug-likeness (QED) is 0.853.